The molecule has 0 aliphatic carbocycles. The van der Waals surface area contributed by atoms with Gasteiger partial charge in [0.2, 0.25) is 11.8 Å². The number of aryl methyl sites for hydroxylation is 2. The molecule has 0 aliphatic rings. The van der Waals surface area contributed by atoms with Gasteiger partial charge >= 0.3 is 7.12 Å². The molecule has 0 saturated heterocycles. The van der Waals surface area contributed by atoms with Crippen molar-refractivity contribution in [2.75, 3.05) is 6.54 Å². The lowest BCUT2D eigenvalue weighted by atomic mass is 9.75. The van der Waals surface area contributed by atoms with Crippen LogP contribution in [0.1, 0.15) is 30.0 Å². The minimum absolute atomic E-state index is 0.0543. The van der Waals surface area contributed by atoms with Crippen LogP contribution in [0, 0.1) is 13.8 Å². The van der Waals surface area contributed by atoms with E-state index in [-0.39, 0.29) is 18.2 Å². The first-order valence-corrected chi connectivity index (χ1v) is 9.17. The SMILES string of the molecule is C=C/C=C(\C=C/CNC(C)=O)CC(=O)N[C@@H](Cc1ccc(C)cc1C)B(O)O. The number of hydrogen-bond acceptors (Lipinski definition) is 4. The summed E-state index contributed by atoms with van der Waals surface area (Å²) in [6, 6.07) is 5.90. The molecule has 1 aromatic rings. The number of rotatable bonds is 10. The van der Waals surface area contributed by atoms with E-state index in [0.29, 0.717) is 18.5 Å². The lowest BCUT2D eigenvalue weighted by Gasteiger charge is -2.19. The van der Waals surface area contributed by atoms with Crippen molar-refractivity contribution in [1.29, 1.82) is 0 Å². The molecule has 0 spiro atoms. The Morgan fingerprint density at radius 2 is 2.00 bits per heavy atom. The molecule has 4 N–H and O–H groups in total. The molecule has 0 aliphatic heterocycles. The maximum Gasteiger partial charge on any atom is 0.475 e. The smallest absolute Gasteiger partial charge is 0.426 e. The average Bonchev–Trinajstić information content (AvgIpc) is 2.60. The average molecular weight is 384 g/mol. The second-order valence-electron chi connectivity index (χ2n) is 6.72. The van der Waals surface area contributed by atoms with E-state index in [4.69, 9.17) is 0 Å². The fraction of sp³-hybridized carbons (Fsp3) is 0.333. The fourth-order valence-electron chi connectivity index (χ4n) is 2.72. The van der Waals surface area contributed by atoms with Crippen LogP contribution in [0.5, 0.6) is 0 Å². The summed E-state index contributed by atoms with van der Waals surface area (Å²) in [6.07, 6.45) is 7.09. The van der Waals surface area contributed by atoms with Crippen LogP contribution in [0.25, 0.3) is 0 Å². The Kier molecular flexibility index (Phi) is 9.99. The normalized spacial score (nSPS) is 12.5. The van der Waals surface area contributed by atoms with E-state index in [1.54, 1.807) is 24.3 Å². The molecule has 1 atom stereocenters. The van der Waals surface area contributed by atoms with Gasteiger partial charge in [-0.3, -0.25) is 9.59 Å². The predicted molar refractivity (Wildman–Crippen MR) is 112 cm³/mol. The highest BCUT2D eigenvalue weighted by Crippen LogP contribution is 2.14. The largest absolute Gasteiger partial charge is 0.475 e. The van der Waals surface area contributed by atoms with Gasteiger partial charge in [-0.2, -0.15) is 0 Å². The highest BCUT2D eigenvalue weighted by atomic mass is 16.4. The highest BCUT2D eigenvalue weighted by Gasteiger charge is 2.26. The van der Waals surface area contributed by atoms with E-state index < -0.39 is 13.1 Å². The van der Waals surface area contributed by atoms with Gasteiger partial charge in [-0.25, -0.2) is 0 Å². The third-order valence-corrected chi connectivity index (χ3v) is 4.14. The molecule has 6 nitrogen and oxygen atoms in total. The standard InChI is InChI=1S/C21H29BN2O4/c1-5-7-18(8-6-11-23-17(4)25)13-21(26)24-20(22(27)28)14-19-10-9-15(2)12-16(19)3/h5-10,12,20,27-28H,1,11,13-14H2,2-4H3,(H,23,25)(H,24,26)/b8-6-,18-7+/t20-/m0/s1. The Hall–Kier alpha value is -2.64. The Morgan fingerprint density at radius 1 is 1.29 bits per heavy atom. The van der Waals surface area contributed by atoms with Gasteiger partial charge in [0.25, 0.3) is 0 Å². The third-order valence-electron chi connectivity index (χ3n) is 4.14. The quantitative estimate of drug-likeness (QED) is 0.363. The zero-order valence-electron chi connectivity index (χ0n) is 16.7. The molecule has 150 valence electrons. The predicted octanol–water partition coefficient (Wildman–Crippen LogP) is 1.54. The van der Waals surface area contributed by atoms with Gasteiger partial charge in [0.05, 0.1) is 12.4 Å². The number of amides is 2. The summed E-state index contributed by atoms with van der Waals surface area (Å²) in [6.45, 7) is 9.36. The lowest BCUT2D eigenvalue weighted by Crippen LogP contribution is -2.48. The van der Waals surface area contributed by atoms with Crippen LogP contribution in [0.4, 0.5) is 0 Å². The van der Waals surface area contributed by atoms with E-state index >= 15 is 0 Å². The van der Waals surface area contributed by atoms with Gasteiger partial charge in [-0.1, -0.05) is 54.6 Å². The molecule has 0 fully saturated rings. The second-order valence-corrected chi connectivity index (χ2v) is 6.72. The van der Waals surface area contributed by atoms with Gasteiger partial charge in [-0.15, -0.1) is 0 Å². The monoisotopic (exact) mass is 384 g/mol. The zero-order valence-corrected chi connectivity index (χ0v) is 16.7. The van der Waals surface area contributed by atoms with Crippen LogP contribution in [0.15, 0.2) is 54.7 Å². The van der Waals surface area contributed by atoms with E-state index in [1.165, 1.54) is 6.92 Å². The maximum absolute atomic E-state index is 12.4. The van der Waals surface area contributed by atoms with Gasteiger partial charge < -0.3 is 20.7 Å². The molecule has 28 heavy (non-hydrogen) atoms. The first kappa shape index (κ1) is 23.4. The van der Waals surface area contributed by atoms with Crippen molar-refractivity contribution in [3.05, 3.63) is 71.3 Å². The van der Waals surface area contributed by atoms with Crippen LogP contribution in [0.3, 0.4) is 0 Å². The van der Waals surface area contributed by atoms with E-state index in [0.717, 1.165) is 16.7 Å². The molecule has 0 unspecified atom stereocenters. The number of carbonyl (C=O) groups is 2. The second kappa shape index (κ2) is 11.9. The summed E-state index contributed by atoms with van der Waals surface area (Å²) < 4.78 is 0. The van der Waals surface area contributed by atoms with Crippen molar-refractivity contribution >= 4 is 18.9 Å². The summed E-state index contributed by atoms with van der Waals surface area (Å²) in [5, 5.41) is 24.7. The minimum Gasteiger partial charge on any atom is -0.426 e. The molecule has 1 aromatic carbocycles. The van der Waals surface area contributed by atoms with Crippen molar-refractivity contribution in [3.8, 4) is 0 Å². The summed E-state index contributed by atoms with van der Waals surface area (Å²) in [7, 11) is -1.67. The molecule has 1 rings (SSSR count). The van der Waals surface area contributed by atoms with Crippen LogP contribution in [-0.2, 0) is 16.0 Å². The molecule has 0 aromatic heterocycles. The van der Waals surface area contributed by atoms with Crippen LogP contribution in [-0.4, -0.2) is 41.5 Å². The van der Waals surface area contributed by atoms with Crippen molar-refractivity contribution in [2.45, 2.75) is 39.6 Å². The first-order chi connectivity index (χ1) is 13.2. The van der Waals surface area contributed by atoms with Crippen molar-refractivity contribution < 1.29 is 19.6 Å². The van der Waals surface area contributed by atoms with Crippen LogP contribution >= 0.6 is 0 Å². The molecule has 0 saturated carbocycles. The molecule has 0 heterocycles. The summed E-state index contributed by atoms with van der Waals surface area (Å²) in [4.78, 5) is 23.3. The van der Waals surface area contributed by atoms with E-state index in [2.05, 4.69) is 17.2 Å². The summed E-state index contributed by atoms with van der Waals surface area (Å²) in [5.74, 6) is -1.29. The molecule has 0 radical (unpaired) electrons. The number of benzene rings is 1. The van der Waals surface area contributed by atoms with Crippen molar-refractivity contribution in [1.82, 2.24) is 10.6 Å². The molecule has 2 amide bonds. The van der Waals surface area contributed by atoms with Gasteiger partial charge in [-0.05, 0) is 37.0 Å². The van der Waals surface area contributed by atoms with E-state index in [9.17, 15) is 19.6 Å². The Labute approximate surface area is 167 Å². The number of hydrogen-bond donors (Lipinski definition) is 4. The fourth-order valence-corrected chi connectivity index (χ4v) is 2.72. The first-order valence-electron chi connectivity index (χ1n) is 9.17. The minimum atomic E-state index is -1.67. The van der Waals surface area contributed by atoms with E-state index in [1.807, 2.05) is 32.0 Å². The Morgan fingerprint density at radius 3 is 2.57 bits per heavy atom. The maximum atomic E-state index is 12.4. The number of carbonyl (C=O) groups excluding carboxylic acids is 2. The Bertz CT molecular complexity index is 757. The zero-order chi connectivity index (χ0) is 21.1. The molecular formula is C21H29BN2O4. The third kappa shape index (κ3) is 8.84. The molecule has 0 bridgehead atoms. The van der Waals surface area contributed by atoms with Gasteiger partial charge in [0.15, 0.2) is 0 Å². The highest BCUT2D eigenvalue weighted by molar-refractivity contribution is 6.43. The lowest BCUT2D eigenvalue weighted by molar-refractivity contribution is -0.121. The van der Waals surface area contributed by atoms with Gasteiger partial charge in [0.1, 0.15) is 0 Å². The van der Waals surface area contributed by atoms with Gasteiger partial charge in [0, 0.05) is 13.5 Å². The topological polar surface area (TPSA) is 98.7 Å². The Balaban J connectivity index is 2.74. The summed E-state index contributed by atoms with van der Waals surface area (Å²) >= 11 is 0. The van der Waals surface area contributed by atoms with Crippen LogP contribution < -0.4 is 10.6 Å². The van der Waals surface area contributed by atoms with Crippen LogP contribution in [0.2, 0.25) is 0 Å². The molecular weight excluding hydrogens is 355 g/mol. The number of allylic oxidation sites excluding steroid dienone is 3. The van der Waals surface area contributed by atoms with Crippen molar-refractivity contribution in [2.24, 2.45) is 0 Å². The molecule has 7 heteroatoms. The summed E-state index contributed by atoms with van der Waals surface area (Å²) in [5.41, 5.74) is 3.79. The number of nitrogens with one attached hydrogen (secondary N) is 2. The van der Waals surface area contributed by atoms with Crippen molar-refractivity contribution in [3.63, 3.8) is 0 Å².